The van der Waals surface area contributed by atoms with Crippen molar-refractivity contribution in [3.63, 3.8) is 0 Å². The first-order valence-corrected chi connectivity index (χ1v) is 9.42. The van der Waals surface area contributed by atoms with E-state index < -0.39 is 12.0 Å². The SMILES string of the molecule is Cc1cccc(CN2CCN(C(=O)C(O)COc3ccccc3C)CC2=O)c1. The van der Waals surface area contributed by atoms with E-state index in [9.17, 15) is 14.7 Å². The highest BCUT2D eigenvalue weighted by molar-refractivity contribution is 5.88. The lowest BCUT2D eigenvalue weighted by Crippen LogP contribution is -2.54. The van der Waals surface area contributed by atoms with E-state index in [1.54, 1.807) is 11.0 Å². The lowest BCUT2D eigenvalue weighted by Gasteiger charge is -2.35. The Labute approximate surface area is 165 Å². The van der Waals surface area contributed by atoms with Gasteiger partial charge < -0.3 is 19.6 Å². The molecular weight excluding hydrogens is 356 g/mol. The first-order valence-electron chi connectivity index (χ1n) is 9.42. The fourth-order valence-electron chi connectivity index (χ4n) is 3.26. The molecule has 0 aromatic heterocycles. The molecule has 28 heavy (non-hydrogen) atoms. The van der Waals surface area contributed by atoms with Gasteiger partial charge in [-0.05, 0) is 31.0 Å². The van der Waals surface area contributed by atoms with Gasteiger partial charge in [-0.15, -0.1) is 0 Å². The van der Waals surface area contributed by atoms with Gasteiger partial charge in [0.05, 0.1) is 6.54 Å². The molecule has 148 valence electrons. The number of hydrogen-bond donors (Lipinski definition) is 1. The van der Waals surface area contributed by atoms with Crippen molar-refractivity contribution in [1.82, 2.24) is 9.80 Å². The van der Waals surface area contributed by atoms with Gasteiger partial charge in [-0.3, -0.25) is 9.59 Å². The second-order valence-electron chi connectivity index (χ2n) is 7.16. The van der Waals surface area contributed by atoms with E-state index in [2.05, 4.69) is 6.07 Å². The lowest BCUT2D eigenvalue weighted by atomic mass is 10.1. The van der Waals surface area contributed by atoms with Gasteiger partial charge >= 0.3 is 0 Å². The summed E-state index contributed by atoms with van der Waals surface area (Å²) in [4.78, 5) is 28.1. The molecule has 1 aliphatic rings. The number of rotatable bonds is 6. The molecule has 1 saturated heterocycles. The predicted octanol–water partition coefficient (Wildman–Crippen LogP) is 1.91. The Morgan fingerprint density at radius 2 is 1.93 bits per heavy atom. The van der Waals surface area contributed by atoms with Crippen molar-refractivity contribution in [3.05, 3.63) is 65.2 Å². The van der Waals surface area contributed by atoms with Crippen LogP contribution in [0.2, 0.25) is 0 Å². The molecule has 1 heterocycles. The molecule has 1 atom stereocenters. The van der Waals surface area contributed by atoms with Gasteiger partial charge in [-0.25, -0.2) is 0 Å². The van der Waals surface area contributed by atoms with Crippen LogP contribution in [-0.4, -0.2) is 59.1 Å². The van der Waals surface area contributed by atoms with E-state index >= 15 is 0 Å². The Morgan fingerprint density at radius 1 is 1.14 bits per heavy atom. The number of amides is 2. The zero-order valence-corrected chi connectivity index (χ0v) is 16.3. The van der Waals surface area contributed by atoms with E-state index in [1.165, 1.54) is 4.90 Å². The molecule has 2 amide bonds. The zero-order chi connectivity index (χ0) is 20.1. The number of piperazine rings is 1. The summed E-state index contributed by atoms with van der Waals surface area (Å²) in [5, 5.41) is 10.2. The summed E-state index contributed by atoms with van der Waals surface area (Å²) >= 11 is 0. The van der Waals surface area contributed by atoms with Gasteiger partial charge in [-0.1, -0.05) is 48.0 Å². The summed E-state index contributed by atoms with van der Waals surface area (Å²) < 4.78 is 5.56. The number of hydrogen-bond acceptors (Lipinski definition) is 4. The molecule has 0 saturated carbocycles. The number of aryl methyl sites for hydroxylation is 2. The maximum absolute atomic E-state index is 12.5. The minimum Gasteiger partial charge on any atom is -0.490 e. The highest BCUT2D eigenvalue weighted by Crippen LogP contribution is 2.17. The third-order valence-corrected chi connectivity index (χ3v) is 4.86. The van der Waals surface area contributed by atoms with Crippen LogP contribution < -0.4 is 4.74 Å². The number of carbonyl (C=O) groups excluding carboxylic acids is 2. The second-order valence-corrected chi connectivity index (χ2v) is 7.16. The van der Waals surface area contributed by atoms with E-state index in [0.29, 0.717) is 25.4 Å². The fourth-order valence-corrected chi connectivity index (χ4v) is 3.26. The molecule has 2 aromatic rings. The molecule has 6 heteroatoms. The van der Waals surface area contributed by atoms with Gasteiger partial charge in [0, 0.05) is 19.6 Å². The van der Waals surface area contributed by atoms with E-state index in [4.69, 9.17) is 4.74 Å². The van der Waals surface area contributed by atoms with Gasteiger partial charge in [0.25, 0.3) is 5.91 Å². The Balaban J connectivity index is 1.52. The van der Waals surface area contributed by atoms with Crippen LogP contribution in [0.5, 0.6) is 5.75 Å². The van der Waals surface area contributed by atoms with Crippen LogP contribution in [0.25, 0.3) is 0 Å². The van der Waals surface area contributed by atoms with Crippen LogP contribution in [-0.2, 0) is 16.1 Å². The number of para-hydroxylation sites is 1. The Morgan fingerprint density at radius 3 is 2.64 bits per heavy atom. The van der Waals surface area contributed by atoms with Crippen LogP contribution in [0.3, 0.4) is 0 Å². The van der Waals surface area contributed by atoms with Crippen LogP contribution in [0, 0.1) is 13.8 Å². The number of ether oxygens (including phenoxy) is 1. The molecule has 0 bridgehead atoms. The summed E-state index contributed by atoms with van der Waals surface area (Å²) in [5.74, 6) is 0.0404. The van der Waals surface area contributed by atoms with Crippen LogP contribution in [0.15, 0.2) is 48.5 Å². The van der Waals surface area contributed by atoms with Crippen molar-refractivity contribution in [2.45, 2.75) is 26.5 Å². The third kappa shape index (κ3) is 4.89. The first-order chi connectivity index (χ1) is 13.4. The molecule has 1 aliphatic heterocycles. The predicted molar refractivity (Wildman–Crippen MR) is 106 cm³/mol. The largest absolute Gasteiger partial charge is 0.490 e. The Bertz CT molecular complexity index is 852. The molecule has 0 radical (unpaired) electrons. The van der Waals surface area contributed by atoms with Crippen LogP contribution in [0.4, 0.5) is 0 Å². The van der Waals surface area contributed by atoms with Crippen LogP contribution in [0.1, 0.15) is 16.7 Å². The van der Waals surface area contributed by atoms with Crippen molar-refractivity contribution in [2.24, 2.45) is 0 Å². The minimum atomic E-state index is -1.30. The third-order valence-electron chi connectivity index (χ3n) is 4.86. The van der Waals surface area contributed by atoms with E-state index in [0.717, 1.165) is 16.7 Å². The molecule has 0 aliphatic carbocycles. The highest BCUT2D eigenvalue weighted by atomic mass is 16.5. The second kappa shape index (κ2) is 8.89. The normalized spacial score (nSPS) is 15.5. The molecule has 1 fully saturated rings. The summed E-state index contributed by atoms with van der Waals surface area (Å²) in [7, 11) is 0. The van der Waals surface area contributed by atoms with E-state index in [1.807, 2.05) is 50.2 Å². The average molecular weight is 382 g/mol. The highest BCUT2D eigenvalue weighted by Gasteiger charge is 2.30. The standard InChI is InChI=1S/C22H26N2O4/c1-16-6-5-8-18(12-16)13-23-10-11-24(14-21(23)26)22(27)19(25)15-28-20-9-4-3-7-17(20)2/h3-9,12,19,25H,10-11,13-15H2,1-2H3. The van der Waals surface area contributed by atoms with Gasteiger partial charge in [0.15, 0.2) is 6.10 Å². The zero-order valence-electron chi connectivity index (χ0n) is 16.3. The summed E-state index contributed by atoms with van der Waals surface area (Å²) in [5.41, 5.74) is 3.15. The van der Waals surface area contributed by atoms with Gasteiger partial charge in [-0.2, -0.15) is 0 Å². The van der Waals surface area contributed by atoms with E-state index in [-0.39, 0.29) is 19.1 Å². The first kappa shape index (κ1) is 19.9. The van der Waals surface area contributed by atoms with Gasteiger partial charge in [0.1, 0.15) is 12.4 Å². The molecule has 6 nitrogen and oxygen atoms in total. The Kier molecular flexibility index (Phi) is 6.31. The summed E-state index contributed by atoms with van der Waals surface area (Å²) in [6.45, 7) is 5.13. The van der Waals surface area contributed by atoms with Crippen molar-refractivity contribution in [2.75, 3.05) is 26.2 Å². The minimum absolute atomic E-state index is 0.0218. The van der Waals surface area contributed by atoms with Crippen molar-refractivity contribution >= 4 is 11.8 Å². The van der Waals surface area contributed by atoms with Crippen LogP contribution >= 0.6 is 0 Å². The number of carbonyl (C=O) groups is 2. The molecule has 3 rings (SSSR count). The van der Waals surface area contributed by atoms with Crippen molar-refractivity contribution in [1.29, 1.82) is 0 Å². The topological polar surface area (TPSA) is 70.1 Å². The average Bonchev–Trinajstić information content (AvgIpc) is 2.68. The monoisotopic (exact) mass is 382 g/mol. The number of aliphatic hydroxyl groups is 1. The van der Waals surface area contributed by atoms with Gasteiger partial charge in [0.2, 0.25) is 5.91 Å². The molecule has 2 aromatic carbocycles. The van der Waals surface area contributed by atoms with Crippen molar-refractivity contribution in [3.8, 4) is 5.75 Å². The molecule has 0 spiro atoms. The van der Waals surface area contributed by atoms with Crippen molar-refractivity contribution < 1.29 is 19.4 Å². The molecule has 1 N–H and O–H groups in total. The fraction of sp³-hybridized carbons (Fsp3) is 0.364. The molecular formula is C22H26N2O4. The number of nitrogens with zero attached hydrogens (tertiary/aromatic N) is 2. The molecule has 1 unspecified atom stereocenters. The maximum Gasteiger partial charge on any atom is 0.255 e. The number of aliphatic hydroxyl groups excluding tert-OH is 1. The summed E-state index contributed by atoms with van der Waals surface area (Å²) in [6.07, 6.45) is -1.30. The lowest BCUT2D eigenvalue weighted by molar-refractivity contribution is -0.151. The smallest absolute Gasteiger partial charge is 0.255 e. The Hall–Kier alpha value is -2.86. The summed E-state index contributed by atoms with van der Waals surface area (Å²) in [6, 6.07) is 15.5. The maximum atomic E-state index is 12.5. The quantitative estimate of drug-likeness (QED) is 0.829. The number of benzene rings is 2.